The molecule has 3 aliphatic rings. The fourth-order valence-electron chi connectivity index (χ4n) is 4.64. The summed E-state index contributed by atoms with van der Waals surface area (Å²) in [6.45, 7) is 4.26. The van der Waals surface area contributed by atoms with E-state index in [4.69, 9.17) is 0 Å². The lowest BCUT2D eigenvalue weighted by molar-refractivity contribution is -0.135. The topological polar surface area (TPSA) is 32.3 Å². The Kier molecular flexibility index (Phi) is 6.36. The van der Waals surface area contributed by atoms with Crippen molar-refractivity contribution in [3.8, 4) is 0 Å². The van der Waals surface area contributed by atoms with Gasteiger partial charge in [-0.2, -0.15) is 0 Å². The van der Waals surface area contributed by atoms with Crippen molar-refractivity contribution >= 4 is 18.3 Å². The van der Waals surface area contributed by atoms with E-state index in [1.807, 2.05) is 0 Å². The van der Waals surface area contributed by atoms with Crippen LogP contribution in [-0.4, -0.2) is 36.0 Å². The maximum absolute atomic E-state index is 12.8. The molecule has 0 aromatic rings. The number of rotatable bonds is 3. The average Bonchev–Trinajstić information content (AvgIpc) is 2.91. The van der Waals surface area contributed by atoms with E-state index in [0.29, 0.717) is 11.9 Å². The van der Waals surface area contributed by atoms with Gasteiger partial charge in [0.05, 0.1) is 6.04 Å². The van der Waals surface area contributed by atoms with Crippen LogP contribution in [0.2, 0.25) is 0 Å². The summed E-state index contributed by atoms with van der Waals surface area (Å²) in [6.07, 6.45) is 11.5. The number of hydrogen-bond donors (Lipinski definition) is 1. The summed E-state index contributed by atoms with van der Waals surface area (Å²) < 4.78 is 0. The highest BCUT2D eigenvalue weighted by Crippen LogP contribution is 2.34. The molecule has 4 atom stereocenters. The Hall–Kier alpha value is -0.280. The Morgan fingerprint density at radius 2 is 2.00 bits per heavy atom. The van der Waals surface area contributed by atoms with E-state index in [1.165, 1.54) is 51.4 Å². The summed E-state index contributed by atoms with van der Waals surface area (Å²) >= 11 is 0. The Morgan fingerprint density at radius 3 is 2.76 bits per heavy atom. The minimum Gasteiger partial charge on any atom is -0.341 e. The quantitative estimate of drug-likeness (QED) is 0.866. The van der Waals surface area contributed by atoms with Crippen molar-refractivity contribution in [3.63, 3.8) is 0 Å². The fourth-order valence-corrected chi connectivity index (χ4v) is 4.64. The van der Waals surface area contributed by atoms with Gasteiger partial charge in [0.1, 0.15) is 0 Å². The van der Waals surface area contributed by atoms with Crippen LogP contribution in [0, 0.1) is 11.8 Å². The van der Waals surface area contributed by atoms with E-state index in [9.17, 15) is 4.79 Å². The van der Waals surface area contributed by atoms with Gasteiger partial charge >= 0.3 is 0 Å². The molecule has 0 radical (unpaired) electrons. The zero-order chi connectivity index (χ0) is 13.9. The Labute approximate surface area is 135 Å². The summed E-state index contributed by atoms with van der Waals surface area (Å²) in [4.78, 5) is 14.9. The molecule has 2 saturated heterocycles. The molecule has 4 unspecified atom stereocenters. The molecule has 3 fully saturated rings. The summed E-state index contributed by atoms with van der Waals surface area (Å²) in [5.41, 5.74) is 0. The van der Waals surface area contributed by atoms with Crippen LogP contribution in [0.5, 0.6) is 0 Å². The summed E-state index contributed by atoms with van der Waals surface area (Å²) in [5, 5.41) is 3.65. The van der Waals surface area contributed by atoms with E-state index in [0.717, 1.165) is 31.3 Å². The fraction of sp³-hybridized carbons (Fsp3) is 0.941. The molecule has 0 aromatic carbocycles. The molecule has 1 amide bonds. The molecule has 2 aliphatic heterocycles. The van der Waals surface area contributed by atoms with Gasteiger partial charge in [-0.15, -0.1) is 12.4 Å². The third kappa shape index (κ3) is 3.92. The van der Waals surface area contributed by atoms with Gasteiger partial charge in [0, 0.05) is 19.1 Å². The van der Waals surface area contributed by atoms with Crippen molar-refractivity contribution in [1.29, 1.82) is 0 Å². The van der Waals surface area contributed by atoms with E-state index in [2.05, 4.69) is 17.1 Å². The minimum atomic E-state index is 0. The first-order chi connectivity index (χ1) is 9.78. The first-order valence-electron chi connectivity index (χ1n) is 8.82. The second-order valence-electron chi connectivity index (χ2n) is 7.19. The first kappa shape index (κ1) is 17.1. The van der Waals surface area contributed by atoms with Crippen LogP contribution in [0.3, 0.4) is 0 Å². The molecule has 0 spiro atoms. The molecular formula is C17H31ClN2O. The zero-order valence-electron chi connectivity index (χ0n) is 13.4. The van der Waals surface area contributed by atoms with Crippen molar-refractivity contribution in [2.75, 3.05) is 13.1 Å². The van der Waals surface area contributed by atoms with Gasteiger partial charge in [-0.25, -0.2) is 0 Å². The second-order valence-corrected chi connectivity index (χ2v) is 7.19. The predicted molar refractivity (Wildman–Crippen MR) is 88.7 cm³/mol. The number of piperidine rings is 1. The lowest BCUT2D eigenvalue weighted by atomic mass is 9.85. The number of hydrogen-bond acceptors (Lipinski definition) is 2. The number of nitrogens with zero attached hydrogens (tertiary/aromatic N) is 1. The normalized spacial score (nSPS) is 36.0. The highest BCUT2D eigenvalue weighted by atomic mass is 35.5. The number of carbonyl (C=O) groups is 1. The number of nitrogens with one attached hydrogen (secondary N) is 1. The maximum Gasteiger partial charge on any atom is 0.239 e. The summed E-state index contributed by atoms with van der Waals surface area (Å²) in [7, 11) is 0. The van der Waals surface area contributed by atoms with E-state index in [-0.39, 0.29) is 18.4 Å². The number of carbonyl (C=O) groups excluding carboxylic acids is 1. The van der Waals surface area contributed by atoms with Gasteiger partial charge in [0.2, 0.25) is 5.91 Å². The molecule has 1 N–H and O–H groups in total. The van der Waals surface area contributed by atoms with Gasteiger partial charge in [0.15, 0.2) is 0 Å². The van der Waals surface area contributed by atoms with Crippen LogP contribution >= 0.6 is 12.4 Å². The van der Waals surface area contributed by atoms with Crippen LogP contribution in [-0.2, 0) is 4.79 Å². The lowest BCUT2D eigenvalue weighted by Crippen LogP contribution is -2.49. The monoisotopic (exact) mass is 314 g/mol. The molecule has 1 saturated carbocycles. The number of amides is 1. The number of halogens is 1. The van der Waals surface area contributed by atoms with Crippen molar-refractivity contribution in [3.05, 3.63) is 0 Å². The highest BCUT2D eigenvalue weighted by Gasteiger charge is 2.40. The Bertz CT molecular complexity index is 334. The molecule has 21 heavy (non-hydrogen) atoms. The van der Waals surface area contributed by atoms with Gasteiger partial charge < -0.3 is 10.2 Å². The van der Waals surface area contributed by atoms with Crippen molar-refractivity contribution in [1.82, 2.24) is 10.2 Å². The largest absolute Gasteiger partial charge is 0.341 e. The minimum absolute atomic E-state index is 0. The van der Waals surface area contributed by atoms with E-state index < -0.39 is 0 Å². The van der Waals surface area contributed by atoms with E-state index >= 15 is 0 Å². The molecule has 0 bridgehead atoms. The highest BCUT2D eigenvalue weighted by molar-refractivity contribution is 5.85. The molecule has 1 aliphatic carbocycles. The van der Waals surface area contributed by atoms with E-state index in [1.54, 1.807) is 0 Å². The van der Waals surface area contributed by atoms with Gasteiger partial charge in [-0.1, -0.05) is 26.2 Å². The van der Waals surface area contributed by atoms with Crippen molar-refractivity contribution in [2.45, 2.75) is 76.8 Å². The average molecular weight is 315 g/mol. The third-order valence-corrected chi connectivity index (χ3v) is 5.69. The molecular weight excluding hydrogens is 284 g/mol. The van der Waals surface area contributed by atoms with Crippen molar-refractivity contribution < 1.29 is 4.79 Å². The lowest BCUT2D eigenvalue weighted by Gasteiger charge is -2.34. The molecule has 2 heterocycles. The second kappa shape index (κ2) is 7.82. The number of fused-ring (bicyclic) bond motifs is 1. The first-order valence-corrected chi connectivity index (χ1v) is 8.82. The summed E-state index contributed by atoms with van der Waals surface area (Å²) in [6, 6.07) is 0.761. The zero-order valence-corrected chi connectivity index (χ0v) is 14.2. The van der Waals surface area contributed by atoms with Crippen molar-refractivity contribution in [2.24, 2.45) is 11.8 Å². The van der Waals surface area contributed by atoms with Crippen LogP contribution in [0.25, 0.3) is 0 Å². The van der Waals surface area contributed by atoms with Crippen LogP contribution in [0.4, 0.5) is 0 Å². The smallest absolute Gasteiger partial charge is 0.239 e. The Balaban J connectivity index is 0.00000161. The van der Waals surface area contributed by atoms with Gasteiger partial charge in [-0.3, -0.25) is 4.79 Å². The Morgan fingerprint density at radius 1 is 1.19 bits per heavy atom. The van der Waals surface area contributed by atoms with Gasteiger partial charge in [-0.05, 0) is 50.4 Å². The molecule has 122 valence electrons. The molecule has 3 rings (SSSR count). The maximum atomic E-state index is 12.8. The molecule has 4 heteroatoms. The summed E-state index contributed by atoms with van der Waals surface area (Å²) in [5.74, 6) is 1.93. The van der Waals surface area contributed by atoms with Crippen LogP contribution in [0.1, 0.15) is 64.7 Å². The standard InChI is InChI=1S/C17H30N2O.ClH/c1-2-6-13-7-5-10-19(12-13)17(20)16-11-14-8-3-4-9-15(14)18-16;/h13-16,18H,2-12H2,1H3;1H. The van der Waals surface area contributed by atoms with Gasteiger partial charge in [0.25, 0.3) is 0 Å². The SMILES string of the molecule is CCCC1CCCN(C(=O)C2CC3CCCCC3N2)C1.Cl. The van der Waals surface area contributed by atoms with Crippen LogP contribution in [0.15, 0.2) is 0 Å². The number of likely N-dealkylation sites (tertiary alicyclic amines) is 1. The predicted octanol–water partition coefficient (Wildman–Crippen LogP) is 3.37. The molecule has 0 aromatic heterocycles. The molecule has 3 nitrogen and oxygen atoms in total. The third-order valence-electron chi connectivity index (χ3n) is 5.69. The van der Waals surface area contributed by atoms with Crippen LogP contribution < -0.4 is 5.32 Å².